The Morgan fingerprint density at radius 3 is 2.17 bits per heavy atom. The van der Waals surface area contributed by atoms with Crippen LogP contribution in [0.1, 0.15) is 44.7 Å². The molecule has 0 saturated carbocycles. The zero-order valence-electron chi connectivity index (χ0n) is 29.7. The standard InChI is InChI=1S/C39H46N2O12/c1-5-6-19-50-29-17-9-25(10-18-29)23-51-39(36(47)48)21-30(43)33(41-37(49)53-38(2,3)4)35(52-39)34(46)31(44)22-40-32(45)20-24-7-11-26(12-8-24)27-13-15-28(42)16-14-27/h1,7-18,30-31,33-35,42-44,46H,6,19-23H2,2-4H3,(H,40,45)(H,41,49)(H,47,48)/t30-,31+,33+,34+,35+,39+/m0/s1. The number of terminal acetylenes is 1. The molecule has 1 heterocycles. The van der Waals surface area contributed by atoms with Crippen molar-refractivity contribution in [3.63, 3.8) is 0 Å². The van der Waals surface area contributed by atoms with E-state index in [0.717, 1.165) is 11.1 Å². The van der Waals surface area contributed by atoms with Crippen molar-refractivity contribution < 1.29 is 58.9 Å². The summed E-state index contributed by atoms with van der Waals surface area (Å²) >= 11 is 0. The molecule has 0 radical (unpaired) electrons. The van der Waals surface area contributed by atoms with Crippen LogP contribution in [0.2, 0.25) is 0 Å². The minimum atomic E-state index is -2.52. The molecule has 6 atom stereocenters. The molecule has 1 aliphatic rings. The molecular formula is C39H46N2O12. The van der Waals surface area contributed by atoms with Gasteiger partial charge >= 0.3 is 12.1 Å². The van der Waals surface area contributed by atoms with Crippen LogP contribution in [0, 0.1) is 12.3 Å². The van der Waals surface area contributed by atoms with Crippen molar-refractivity contribution in [1.82, 2.24) is 10.6 Å². The predicted octanol–water partition coefficient (Wildman–Crippen LogP) is 2.88. The number of carbonyl (C=O) groups is 3. The lowest BCUT2D eigenvalue weighted by Crippen LogP contribution is -2.68. The molecule has 1 aliphatic heterocycles. The number of amides is 2. The molecule has 0 unspecified atom stereocenters. The molecule has 284 valence electrons. The molecule has 4 rings (SSSR count). The monoisotopic (exact) mass is 734 g/mol. The third-order valence-corrected chi connectivity index (χ3v) is 8.25. The second-order valence-electron chi connectivity index (χ2n) is 13.6. The number of carbonyl (C=O) groups excluding carboxylic acids is 2. The highest BCUT2D eigenvalue weighted by atomic mass is 16.7. The fourth-order valence-electron chi connectivity index (χ4n) is 5.54. The molecular weight excluding hydrogens is 688 g/mol. The van der Waals surface area contributed by atoms with E-state index in [1.807, 2.05) is 12.1 Å². The van der Waals surface area contributed by atoms with E-state index in [4.69, 9.17) is 25.4 Å². The third kappa shape index (κ3) is 11.7. The summed E-state index contributed by atoms with van der Waals surface area (Å²) < 4.78 is 22.5. The summed E-state index contributed by atoms with van der Waals surface area (Å²) in [6.45, 7) is 4.37. The average Bonchev–Trinajstić information content (AvgIpc) is 3.11. The van der Waals surface area contributed by atoms with E-state index in [1.54, 1.807) is 81.4 Å². The van der Waals surface area contributed by atoms with Crippen LogP contribution in [0.15, 0.2) is 72.8 Å². The van der Waals surface area contributed by atoms with Crippen molar-refractivity contribution in [2.24, 2.45) is 0 Å². The van der Waals surface area contributed by atoms with E-state index < -0.39 is 72.8 Å². The van der Waals surface area contributed by atoms with Gasteiger partial charge in [0.05, 0.1) is 37.9 Å². The van der Waals surface area contributed by atoms with Gasteiger partial charge in [-0.1, -0.05) is 48.5 Å². The number of aliphatic hydroxyl groups excluding tert-OH is 3. The highest BCUT2D eigenvalue weighted by Crippen LogP contribution is 2.35. The van der Waals surface area contributed by atoms with Crippen LogP contribution in [-0.4, -0.2) is 98.5 Å². The van der Waals surface area contributed by atoms with Gasteiger partial charge in [0.15, 0.2) is 0 Å². The highest BCUT2D eigenvalue weighted by Gasteiger charge is 2.56. The number of aliphatic hydroxyl groups is 3. The minimum absolute atomic E-state index is 0.0614. The molecule has 0 bridgehead atoms. The molecule has 1 fully saturated rings. The number of carboxylic acids is 1. The molecule has 3 aromatic rings. The Morgan fingerprint density at radius 2 is 1.58 bits per heavy atom. The van der Waals surface area contributed by atoms with Crippen LogP contribution in [0.5, 0.6) is 11.5 Å². The smallest absolute Gasteiger partial charge is 0.408 e. The number of nitrogens with one attached hydrogen (secondary N) is 2. The van der Waals surface area contributed by atoms with Crippen molar-refractivity contribution >= 4 is 18.0 Å². The van der Waals surface area contributed by atoms with Gasteiger partial charge in [-0.3, -0.25) is 4.79 Å². The van der Waals surface area contributed by atoms with Crippen molar-refractivity contribution in [2.75, 3.05) is 13.2 Å². The molecule has 2 amide bonds. The number of ether oxygens (including phenoxy) is 4. The number of phenols is 1. The number of alkyl carbamates (subject to hydrolysis) is 1. The first-order chi connectivity index (χ1) is 25.1. The number of aliphatic carboxylic acids is 1. The van der Waals surface area contributed by atoms with Gasteiger partial charge in [0.1, 0.15) is 29.3 Å². The molecule has 3 aromatic carbocycles. The van der Waals surface area contributed by atoms with Crippen LogP contribution >= 0.6 is 0 Å². The van der Waals surface area contributed by atoms with E-state index >= 15 is 0 Å². The molecule has 14 nitrogen and oxygen atoms in total. The van der Waals surface area contributed by atoms with Crippen molar-refractivity contribution in [1.29, 1.82) is 0 Å². The highest BCUT2D eigenvalue weighted by molar-refractivity contribution is 5.79. The first-order valence-electron chi connectivity index (χ1n) is 17.0. The van der Waals surface area contributed by atoms with Crippen LogP contribution in [0.4, 0.5) is 4.79 Å². The maximum absolute atomic E-state index is 12.8. The molecule has 0 spiro atoms. The Morgan fingerprint density at radius 1 is 0.981 bits per heavy atom. The number of rotatable bonds is 15. The van der Waals surface area contributed by atoms with Crippen LogP contribution < -0.4 is 15.4 Å². The Labute approximate surface area is 307 Å². The second kappa shape index (κ2) is 18.0. The summed E-state index contributed by atoms with van der Waals surface area (Å²) in [5.41, 5.74) is 1.99. The molecule has 14 heteroatoms. The Bertz CT molecular complexity index is 1720. The Kier molecular flexibility index (Phi) is 13.8. The van der Waals surface area contributed by atoms with Crippen LogP contribution in [0.25, 0.3) is 11.1 Å². The molecule has 0 aromatic heterocycles. The molecule has 1 saturated heterocycles. The summed E-state index contributed by atoms with van der Waals surface area (Å²) in [6.07, 6.45) is -3.17. The summed E-state index contributed by atoms with van der Waals surface area (Å²) in [7, 11) is 0. The zero-order valence-corrected chi connectivity index (χ0v) is 29.7. The molecule has 7 N–H and O–H groups in total. The number of benzene rings is 3. The van der Waals surface area contributed by atoms with E-state index in [2.05, 4.69) is 16.6 Å². The lowest BCUT2D eigenvalue weighted by molar-refractivity contribution is -0.314. The van der Waals surface area contributed by atoms with Crippen molar-refractivity contribution in [3.8, 4) is 35.0 Å². The summed E-state index contributed by atoms with van der Waals surface area (Å²) in [5.74, 6) is -1.49. The molecule has 53 heavy (non-hydrogen) atoms. The first-order valence-corrected chi connectivity index (χ1v) is 17.0. The van der Waals surface area contributed by atoms with Gasteiger partial charge in [0, 0.05) is 19.4 Å². The van der Waals surface area contributed by atoms with E-state index in [1.165, 1.54) is 0 Å². The summed E-state index contributed by atoms with van der Waals surface area (Å²) in [4.78, 5) is 38.2. The Balaban J connectivity index is 1.45. The summed E-state index contributed by atoms with van der Waals surface area (Å²) in [6, 6.07) is 18.9. The maximum Gasteiger partial charge on any atom is 0.408 e. The van der Waals surface area contributed by atoms with Crippen molar-refractivity contribution in [2.45, 2.75) is 88.5 Å². The fourth-order valence-corrected chi connectivity index (χ4v) is 5.54. The van der Waals surface area contributed by atoms with Gasteiger partial charge in [-0.05, 0) is 67.3 Å². The zero-order chi connectivity index (χ0) is 38.8. The fraction of sp³-hybridized carbons (Fsp3) is 0.410. The van der Waals surface area contributed by atoms with Crippen molar-refractivity contribution in [3.05, 3.63) is 83.9 Å². The SMILES string of the molecule is C#CCCOc1ccc(CO[C@]2(C(=O)O)C[C@H](O)[C@@H](NC(=O)OC(C)(C)C)[C@H]([C@H](O)[C@H](O)CNC(=O)Cc3ccc(-c4ccc(O)cc4)cc3)O2)cc1. The molecule has 0 aliphatic carbocycles. The lowest BCUT2D eigenvalue weighted by Gasteiger charge is -2.46. The number of carboxylic acid groups (broad SMARTS) is 1. The number of hydrogen-bond acceptors (Lipinski definition) is 11. The van der Waals surface area contributed by atoms with Gasteiger partial charge in [-0.2, -0.15) is 0 Å². The Hall–Kier alpha value is -5.17. The predicted molar refractivity (Wildman–Crippen MR) is 191 cm³/mol. The van der Waals surface area contributed by atoms with Gasteiger partial charge < -0.3 is 55.1 Å². The van der Waals surface area contributed by atoms with E-state index in [0.29, 0.717) is 29.9 Å². The third-order valence-electron chi connectivity index (χ3n) is 8.25. The topological polar surface area (TPSA) is 213 Å². The maximum atomic E-state index is 12.8. The summed E-state index contributed by atoms with van der Waals surface area (Å²) in [5, 5.41) is 58.4. The number of hydrogen-bond donors (Lipinski definition) is 7. The van der Waals surface area contributed by atoms with Gasteiger partial charge in [0.25, 0.3) is 5.79 Å². The van der Waals surface area contributed by atoms with Gasteiger partial charge in [-0.25, -0.2) is 9.59 Å². The average molecular weight is 735 g/mol. The number of phenolic OH excluding ortho intramolecular Hbond substituents is 1. The lowest BCUT2D eigenvalue weighted by atomic mass is 9.88. The van der Waals surface area contributed by atoms with Gasteiger partial charge in [0.2, 0.25) is 5.91 Å². The van der Waals surface area contributed by atoms with E-state index in [-0.39, 0.29) is 18.8 Å². The largest absolute Gasteiger partial charge is 0.508 e. The van der Waals surface area contributed by atoms with Crippen LogP contribution in [0.3, 0.4) is 0 Å². The first kappa shape index (κ1) is 40.6. The number of aromatic hydroxyl groups is 1. The van der Waals surface area contributed by atoms with Crippen LogP contribution in [-0.2, 0) is 36.8 Å². The van der Waals surface area contributed by atoms with E-state index in [9.17, 15) is 39.9 Å². The minimum Gasteiger partial charge on any atom is -0.508 e. The second-order valence-corrected chi connectivity index (χ2v) is 13.6. The van der Waals surface area contributed by atoms with Gasteiger partial charge in [-0.15, -0.1) is 12.3 Å². The quantitative estimate of drug-likeness (QED) is 0.0888. The normalized spacial score (nSPS) is 21.0.